The number of carbonyl (C=O) groups excluding carboxylic acids is 2. The van der Waals surface area contributed by atoms with E-state index < -0.39 is 11.9 Å². The summed E-state index contributed by atoms with van der Waals surface area (Å²) < 4.78 is 4.68. The monoisotopic (exact) mass is 243 g/mol. The average Bonchev–Trinajstić information content (AvgIpc) is 2.28. The molecular weight excluding hydrogens is 218 g/mol. The fourth-order valence-corrected chi connectivity index (χ4v) is 1.73. The smallest absolute Gasteiger partial charge is 0.318 e. The van der Waals surface area contributed by atoms with Crippen molar-refractivity contribution in [2.45, 2.75) is 40.0 Å². The Labute approximate surface area is 104 Å². The summed E-state index contributed by atoms with van der Waals surface area (Å²) in [5, 5.41) is 0. The molecule has 0 rings (SSSR count). The third-order valence-electron chi connectivity index (χ3n) is 2.86. The number of esters is 1. The summed E-state index contributed by atoms with van der Waals surface area (Å²) in [6, 6.07) is 0. The Kier molecular flexibility index (Phi) is 7.59. The first-order chi connectivity index (χ1) is 7.95. The molecule has 0 aliphatic carbocycles. The van der Waals surface area contributed by atoms with Crippen LogP contribution >= 0.6 is 0 Å². The number of hydrogen-bond donors (Lipinski definition) is 0. The maximum absolute atomic E-state index is 12.1. The fraction of sp³-hybridized carbons (Fsp3) is 0.846. The molecule has 0 spiro atoms. The summed E-state index contributed by atoms with van der Waals surface area (Å²) in [6.07, 6.45) is 3.19. The van der Waals surface area contributed by atoms with E-state index in [2.05, 4.69) is 11.7 Å². The number of amides is 1. The maximum Gasteiger partial charge on any atom is 0.318 e. The van der Waals surface area contributed by atoms with Gasteiger partial charge in [-0.1, -0.05) is 33.6 Å². The van der Waals surface area contributed by atoms with Gasteiger partial charge in [0.1, 0.15) is 5.92 Å². The minimum atomic E-state index is -0.674. The second-order valence-corrected chi connectivity index (χ2v) is 4.71. The Morgan fingerprint density at radius 3 is 2.24 bits per heavy atom. The lowest BCUT2D eigenvalue weighted by molar-refractivity contribution is -0.155. The second kappa shape index (κ2) is 8.09. The Morgan fingerprint density at radius 2 is 1.82 bits per heavy atom. The van der Waals surface area contributed by atoms with E-state index in [0.29, 0.717) is 6.54 Å². The van der Waals surface area contributed by atoms with Crippen LogP contribution in [0.25, 0.3) is 0 Å². The Bertz CT molecular complexity index is 251. The van der Waals surface area contributed by atoms with Gasteiger partial charge in [-0.2, -0.15) is 0 Å². The first-order valence-electron chi connectivity index (χ1n) is 6.28. The predicted molar refractivity (Wildman–Crippen MR) is 67.5 cm³/mol. The third-order valence-corrected chi connectivity index (χ3v) is 2.86. The van der Waals surface area contributed by atoms with Crippen LogP contribution in [0.1, 0.15) is 40.0 Å². The highest BCUT2D eigenvalue weighted by Crippen LogP contribution is 2.16. The summed E-state index contributed by atoms with van der Waals surface area (Å²) in [7, 11) is 3.07. The molecule has 4 nitrogen and oxygen atoms in total. The number of carbonyl (C=O) groups is 2. The maximum atomic E-state index is 12.1. The molecule has 0 saturated heterocycles. The van der Waals surface area contributed by atoms with Crippen molar-refractivity contribution in [3.63, 3.8) is 0 Å². The Morgan fingerprint density at radius 1 is 1.24 bits per heavy atom. The second-order valence-electron chi connectivity index (χ2n) is 4.71. The molecule has 0 radical (unpaired) electrons. The lowest BCUT2D eigenvalue weighted by Crippen LogP contribution is -2.40. The first kappa shape index (κ1) is 15.9. The van der Waals surface area contributed by atoms with Gasteiger partial charge >= 0.3 is 5.97 Å². The number of rotatable bonds is 7. The van der Waals surface area contributed by atoms with Gasteiger partial charge in [-0.05, 0) is 12.3 Å². The highest BCUT2D eigenvalue weighted by atomic mass is 16.5. The molecule has 1 atom stereocenters. The molecule has 0 aliphatic rings. The molecule has 0 aromatic heterocycles. The van der Waals surface area contributed by atoms with Crippen LogP contribution < -0.4 is 0 Å². The van der Waals surface area contributed by atoms with Gasteiger partial charge in [0.15, 0.2) is 0 Å². The third kappa shape index (κ3) is 5.20. The molecule has 0 saturated carbocycles. The number of hydrogen-bond acceptors (Lipinski definition) is 3. The van der Waals surface area contributed by atoms with Crippen molar-refractivity contribution >= 4 is 11.9 Å². The largest absolute Gasteiger partial charge is 0.468 e. The van der Waals surface area contributed by atoms with Crippen LogP contribution in [0.3, 0.4) is 0 Å². The van der Waals surface area contributed by atoms with Crippen molar-refractivity contribution in [2.24, 2.45) is 11.8 Å². The van der Waals surface area contributed by atoms with Crippen LogP contribution in [-0.4, -0.2) is 37.5 Å². The SMILES string of the molecule is CCCCCN(C)C(=O)C(C(=O)OC)C(C)C. The highest BCUT2D eigenvalue weighted by Gasteiger charge is 2.32. The van der Waals surface area contributed by atoms with Crippen LogP contribution in [0.2, 0.25) is 0 Å². The summed E-state index contributed by atoms with van der Waals surface area (Å²) in [6.45, 7) is 6.54. The zero-order valence-electron chi connectivity index (χ0n) is 11.7. The number of nitrogens with zero attached hydrogens (tertiary/aromatic N) is 1. The van der Waals surface area contributed by atoms with Crippen molar-refractivity contribution in [1.82, 2.24) is 4.90 Å². The van der Waals surface area contributed by atoms with Crippen molar-refractivity contribution in [3.8, 4) is 0 Å². The van der Waals surface area contributed by atoms with Crippen molar-refractivity contribution in [2.75, 3.05) is 20.7 Å². The molecule has 0 heterocycles. The van der Waals surface area contributed by atoms with Crippen LogP contribution in [-0.2, 0) is 14.3 Å². The van der Waals surface area contributed by atoms with Gasteiger partial charge in [0.2, 0.25) is 5.91 Å². The molecule has 4 heteroatoms. The summed E-state index contributed by atoms with van der Waals surface area (Å²) >= 11 is 0. The molecule has 1 amide bonds. The van der Waals surface area contributed by atoms with E-state index in [1.807, 2.05) is 13.8 Å². The van der Waals surface area contributed by atoms with Crippen molar-refractivity contribution < 1.29 is 14.3 Å². The number of methoxy groups -OCH3 is 1. The number of unbranched alkanes of at least 4 members (excludes halogenated alkanes) is 2. The molecule has 17 heavy (non-hydrogen) atoms. The molecule has 100 valence electrons. The van der Waals surface area contributed by atoms with Crippen LogP contribution in [0.5, 0.6) is 0 Å². The molecule has 0 bridgehead atoms. The lowest BCUT2D eigenvalue weighted by atomic mass is 9.94. The molecule has 0 N–H and O–H groups in total. The molecular formula is C13H25NO3. The topological polar surface area (TPSA) is 46.6 Å². The fourth-order valence-electron chi connectivity index (χ4n) is 1.73. The van der Waals surface area contributed by atoms with Crippen LogP contribution in [0.4, 0.5) is 0 Å². The molecule has 0 aliphatic heterocycles. The van der Waals surface area contributed by atoms with E-state index in [1.54, 1.807) is 11.9 Å². The van der Waals surface area contributed by atoms with Gasteiger partial charge in [-0.25, -0.2) is 0 Å². The minimum Gasteiger partial charge on any atom is -0.468 e. The predicted octanol–water partition coefficient (Wildman–Crippen LogP) is 2.08. The zero-order valence-corrected chi connectivity index (χ0v) is 11.7. The first-order valence-corrected chi connectivity index (χ1v) is 6.28. The van der Waals surface area contributed by atoms with Gasteiger partial charge in [-0.15, -0.1) is 0 Å². The lowest BCUT2D eigenvalue weighted by Gasteiger charge is -2.24. The van der Waals surface area contributed by atoms with Gasteiger partial charge < -0.3 is 9.64 Å². The summed E-state index contributed by atoms with van der Waals surface area (Å²) in [4.78, 5) is 25.3. The van der Waals surface area contributed by atoms with E-state index >= 15 is 0 Å². The average molecular weight is 243 g/mol. The zero-order chi connectivity index (χ0) is 13.4. The number of ether oxygens (including phenoxy) is 1. The molecule has 1 unspecified atom stereocenters. The molecule has 0 fully saturated rings. The van der Waals surface area contributed by atoms with E-state index in [0.717, 1.165) is 19.3 Å². The van der Waals surface area contributed by atoms with Crippen LogP contribution in [0.15, 0.2) is 0 Å². The normalized spacial score (nSPS) is 12.4. The van der Waals surface area contributed by atoms with E-state index in [1.165, 1.54) is 7.11 Å². The van der Waals surface area contributed by atoms with E-state index in [-0.39, 0.29) is 11.8 Å². The van der Waals surface area contributed by atoms with Crippen molar-refractivity contribution in [3.05, 3.63) is 0 Å². The summed E-state index contributed by atoms with van der Waals surface area (Å²) in [5.74, 6) is -1.29. The van der Waals surface area contributed by atoms with Crippen molar-refractivity contribution in [1.29, 1.82) is 0 Å². The van der Waals surface area contributed by atoms with Crippen LogP contribution in [0, 0.1) is 11.8 Å². The minimum absolute atomic E-state index is 0.0384. The van der Waals surface area contributed by atoms with E-state index in [4.69, 9.17) is 0 Å². The van der Waals surface area contributed by atoms with Gasteiger partial charge in [0.25, 0.3) is 0 Å². The quantitative estimate of drug-likeness (QED) is 0.391. The van der Waals surface area contributed by atoms with E-state index in [9.17, 15) is 9.59 Å². The summed E-state index contributed by atoms with van der Waals surface area (Å²) in [5.41, 5.74) is 0. The van der Waals surface area contributed by atoms with Gasteiger partial charge in [0.05, 0.1) is 7.11 Å². The highest BCUT2D eigenvalue weighted by molar-refractivity contribution is 5.97. The van der Waals surface area contributed by atoms with Gasteiger partial charge in [-0.3, -0.25) is 9.59 Å². The Hall–Kier alpha value is -1.06. The molecule has 0 aromatic rings. The van der Waals surface area contributed by atoms with Gasteiger partial charge in [0, 0.05) is 13.6 Å². The molecule has 0 aromatic carbocycles. The standard InChI is InChI=1S/C13H25NO3/c1-6-7-8-9-14(4)12(15)11(10(2)3)13(16)17-5/h10-11H,6-9H2,1-5H3. The Balaban J connectivity index is 4.45.